The molecule has 0 aliphatic heterocycles. The summed E-state index contributed by atoms with van der Waals surface area (Å²) in [5.74, 6) is 0.0846. The molecule has 0 aromatic carbocycles. The van der Waals surface area contributed by atoms with E-state index in [4.69, 9.17) is 0 Å². The second-order valence-electron chi connectivity index (χ2n) is 6.23. The number of likely N-dealkylation sites (N-methyl/N-ethyl adjacent to an activating group) is 1. The molecular weight excluding hydrogens is 252 g/mol. The summed E-state index contributed by atoms with van der Waals surface area (Å²) in [7, 11) is 3.18. The van der Waals surface area contributed by atoms with Crippen molar-refractivity contribution in [1.82, 2.24) is 5.32 Å². The minimum absolute atomic E-state index is 0.0846. The SMILES string of the molecule is CCCCCCCCCCCC(=O)NCC[N+](C)(C)[O-]. The molecule has 0 rings (SSSR count). The summed E-state index contributed by atoms with van der Waals surface area (Å²) in [5, 5.41) is 14.1. The lowest BCUT2D eigenvalue weighted by Gasteiger charge is -2.33. The maximum atomic E-state index is 11.5. The van der Waals surface area contributed by atoms with Crippen LogP contribution < -0.4 is 5.32 Å². The van der Waals surface area contributed by atoms with E-state index in [1.165, 1.54) is 44.9 Å². The van der Waals surface area contributed by atoms with Crippen molar-refractivity contribution in [2.24, 2.45) is 0 Å². The molecule has 0 atom stereocenters. The average molecular weight is 286 g/mol. The number of rotatable bonds is 13. The Morgan fingerprint density at radius 2 is 1.45 bits per heavy atom. The van der Waals surface area contributed by atoms with Crippen LogP contribution in [0.3, 0.4) is 0 Å². The fraction of sp³-hybridized carbons (Fsp3) is 0.938. The number of amides is 1. The lowest BCUT2D eigenvalue weighted by molar-refractivity contribution is -0.838. The highest BCUT2D eigenvalue weighted by atomic mass is 16.5. The van der Waals surface area contributed by atoms with Gasteiger partial charge in [0.15, 0.2) is 0 Å². The first-order valence-electron chi connectivity index (χ1n) is 8.26. The fourth-order valence-corrected chi connectivity index (χ4v) is 2.15. The van der Waals surface area contributed by atoms with Gasteiger partial charge in [-0.1, -0.05) is 58.3 Å². The molecule has 4 nitrogen and oxygen atoms in total. The molecule has 0 aromatic rings. The van der Waals surface area contributed by atoms with Gasteiger partial charge in [0.05, 0.1) is 27.2 Å². The van der Waals surface area contributed by atoms with Gasteiger partial charge in [-0.2, -0.15) is 0 Å². The number of quaternary nitrogens is 1. The number of nitrogens with zero attached hydrogens (tertiary/aromatic N) is 1. The molecular formula is C16H34N2O2. The van der Waals surface area contributed by atoms with Crippen LogP contribution >= 0.6 is 0 Å². The van der Waals surface area contributed by atoms with Crippen LogP contribution in [0.5, 0.6) is 0 Å². The third-order valence-corrected chi connectivity index (χ3v) is 3.48. The minimum atomic E-state index is -0.349. The van der Waals surface area contributed by atoms with Gasteiger partial charge in [0.1, 0.15) is 0 Å². The van der Waals surface area contributed by atoms with Gasteiger partial charge in [0.25, 0.3) is 0 Å². The number of hydroxylamine groups is 3. The Kier molecular flexibility index (Phi) is 11.8. The summed E-state index contributed by atoms with van der Waals surface area (Å²) in [5.41, 5.74) is 0. The van der Waals surface area contributed by atoms with Crippen LogP contribution in [-0.2, 0) is 4.79 Å². The molecule has 0 bridgehead atoms. The van der Waals surface area contributed by atoms with Crippen LogP contribution in [-0.4, -0.2) is 37.7 Å². The minimum Gasteiger partial charge on any atom is -0.633 e. The first-order valence-corrected chi connectivity index (χ1v) is 8.26. The topological polar surface area (TPSA) is 52.2 Å². The zero-order chi connectivity index (χ0) is 15.3. The van der Waals surface area contributed by atoms with Gasteiger partial charge in [-0.3, -0.25) is 4.79 Å². The second-order valence-corrected chi connectivity index (χ2v) is 6.23. The molecule has 4 heteroatoms. The zero-order valence-electron chi connectivity index (χ0n) is 13.7. The number of unbranched alkanes of at least 4 members (excludes halogenated alkanes) is 8. The molecule has 120 valence electrons. The highest BCUT2D eigenvalue weighted by Crippen LogP contribution is 2.10. The summed E-state index contributed by atoms with van der Waals surface area (Å²) < 4.78 is -0.349. The molecule has 0 fully saturated rings. The Morgan fingerprint density at radius 3 is 1.95 bits per heavy atom. The van der Waals surface area contributed by atoms with E-state index in [2.05, 4.69) is 12.2 Å². The number of hydrogen-bond acceptors (Lipinski definition) is 2. The normalized spacial score (nSPS) is 11.6. The van der Waals surface area contributed by atoms with Crippen LogP contribution in [0.1, 0.15) is 71.1 Å². The molecule has 0 unspecified atom stereocenters. The van der Waals surface area contributed by atoms with Gasteiger partial charge in [-0.25, -0.2) is 0 Å². The zero-order valence-corrected chi connectivity index (χ0v) is 13.7. The Bertz CT molecular complexity index is 237. The maximum absolute atomic E-state index is 11.5. The summed E-state index contributed by atoms with van der Waals surface area (Å²) in [6, 6.07) is 0. The lowest BCUT2D eigenvalue weighted by Crippen LogP contribution is -2.40. The van der Waals surface area contributed by atoms with Gasteiger partial charge in [-0.15, -0.1) is 0 Å². The molecule has 0 heterocycles. The predicted molar refractivity (Wildman–Crippen MR) is 85.2 cm³/mol. The molecule has 0 saturated carbocycles. The van der Waals surface area contributed by atoms with Crippen molar-refractivity contribution in [2.75, 3.05) is 27.2 Å². The highest BCUT2D eigenvalue weighted by Gasteiger charge is 2.04. The van der Waals surface area contributed by atoms with Gasteiger partial charge in [-0.05, 0) is 6.42 Å². The summed E-state index contributed by atoms with van der Waals surface area (Å²) in [6.07, 6.45) is 12.0. The van der Waals surface area contributed by atoms with Gasteiger partial charge >= 0.3 is 0 Å². The van der Waals surface area contributed by atoms with Gasteiger partial charge in [0.2, 0.25) is 5.91 Å². The Morgan fingerprint density at radius 1 is 0.950 bits per heavy atom. The highest BCUT2D eigenvalue weighted by molar-refractivity contribution is 5.75. The maximum Gasteiger partial charge on any atom is 0.220 e. The van der Waals surface area contributed by atoms with Crippen molar-refractivity contribution < 1.29 is 9.44 Å². The van der Waals surface area contributed by atoms with Crippen molar-refractivity contribution in [3.8, 4) is 0 Å². The van der Waals surface area contributed by atoms with E-state index in [1.807, 2.05) is 0 Å². The van der Waals surface area contributed by atoms with E-state index in [1.54, 1.807) is 14.1 Å². The Balaban J connectivity index is 3.23. The van der Waals surface area contributed by atoms with Gasteiger partial charge in [0, 0.05) is 6.42 Å². The molecule has 0 aliphatic rings. The summed E-state index contributed by atoms with van der Waals surface area (Å²) >= 11 is 0. The van der Waals surface area contributed by atoms with E-state index in [0.717, 1.165) is 12.8 Å². The van der Waals surface area contributed by atoms with Crippen molar-refractivity contribution in [2.45, 2.75) is 71.1 Å². The van der Waals surface area contributed by atoms with Crippen LogP contribution in [0.4, 0.5) is 0 Å². The van der Waals surface area contributed by atoms with Gasteiger partial charge < -0.3 is 15.2 Å². The van der Waals surface area contributed by atoms with Crippen molar-refractivity contribution >= 4 is 5.91 Å². The molecule has 1 N–H and O–H groups in total. The van der Waals surface area contributed by atoms with Crippen molar-refractivity contribution in [3.05, 3.63) is 5.21 Å². The summed E-state index contributed by atoms with van der Waals surface area (Å²) in [6.45, 7) is 3.15. The third-order valence-electron chi connectivity index (χ3n) is 3.48. The van der Waals surface area contributed by atoms with E-state index in [-0.39, 0.29) is 10.6 Å². The van der Waals surface area contributed by atoms with Crippen LogP contribution in [0.25, 0.3) is 0 Å². The van der Waals surface area contributed by atoms with Crippen LogP contribution in [0.15, 0.2) is 0 Å². The van der Waals surface area contributed by atoms with Crippen LogP contribution in [0.2, 0.25) is 0 Å². The number of carbonyl (C=O) groups excluding carboxylic acids is 1. The lowest BCUT2D eigenvalue weighted by atomic mass is 10.1. The second kappa shape index (κ2) is 12.2. The number of carbonyl (C=O) groups is 1. The molecule has 0 saturated heterocycles. The van der Waals surface area contributed by atoms with E-state index in [0.29, 0.717) is 19.5 Å². The quantitative estimate of drug-likeness (QED) is 0.319. The average Bonchev–Trinajstić information content (AvgIpc) is 2.35. The Hall–Kier alpha value is -0.610. The number of nitrogens with one attached hydrogen (secondary N) is 1. The molecule has 1 amide bonds. The third kappa shape index (κ3) is 15.4. The molecule has 0 spiro atoms. The molecule has 0 aliphatic carbocycles. The van der Waals surface area contributed by atoms with E-state index >= 15 is 0 Å². The standard InChI is InChI=1S/C16H34N2O2/c1-4-5-6-7-8-9-10-11-12-13-16(19)17-14-15-18(2,3)20/h4-15H2,1-3H3,(H,17,19). The predicted octanol–water partition coefficient (Wildman–Crippen LogP) is 3.60. The van der Waals surface area contributed by atoms with Crippen LogP contribution in [0, 0.1) is 5.21 Å². The first kappa shape index (κ1) is 19.4. The van der Waals surface area contributed by atoms with E-state index in [9.17, 15) is 10.0 Å². The largest absolute Gasteiger partial charge is 0.633 e. The summed E-state index contributed by atoms with van der Waals surface area (Å²) in [4.78, 5) is 11.5. The molecule has 0 aromatic heterocycles. The Labute approximate surface area is 125 Å². The van der Waals surface area contributed by atoms with Crippen molar-refractivity contribution in [3.63, 3.8) is 0 Å². The van der Waals surface area contributed by atoms with E-state index < -0.39 is 0 Å². The molecule has 20 heavy (non-hydrogen) atoms. The fourth-order valence-electron chi connectivity index (χ4n) is 2.15. The smallest absolute Gasteiger partial charge is 0.220 e. The van der Waals surface area contributed by atoms with Crippen molar-refractivity contribution in [1.29, 1.82) is 0 Å². The first-order chi connectivity index (χ1) is 9.45. The number of hydrogen-bond donors (Lipinski definition) is 1. The monoisotopic (exact) mass is 286 g/mol. The molecule has 0 radical (unpaired) electrons.